The first-order chi connectivity index (χ1) is 9.45. The number of aromatic nitrogens is 2. The van der Waals surface area contributed by atoms with Gasteiger partial charge >= 0.3 is 12.0 Å². The van der Waals surface area contributed by atoms with Gasteiger partial charge in [-0.3, -0.25) is 5.32 Å². The van der Waals surface area contributed by atoms with Crippen LogP contribution in [0.25, 0.3) is 0 Å². The summed E-state index contributed by atoms with van der Waals surface area (Å²) < 4.78 is 0. The molecule has 8 nitrogen and oxygen atoms in total. The highest BCUT2D eigenvalue weighted by molar-refractivity contribution is 7.15. The third kappa shape index (κ3) is 3.20. The van der Waals surface area contributed by atoms with Crippen LogP contribution in [0.1, 0.15) is 15.4 Å². The van der Waals surface area contributed by atoms with Crippen molar-refractivity contribution in [3.8, 4) is 5.75 Å². The fourth-order valence-electron chi connectivity index (χ4n) is 1.39. The number of aromatic hydroxyl groups is 1. The van der Waals surface area contributed by atoms with Crippen molar-refractivity contribution < 1.29 is 19.8 Å². The number of nitrogens with one attached hydrogen (secondary N) is 2. The number of aryl methyl sites for hydroxylation is 1. The van der Waals surface area contributed by atoms with E-state index in [1.165, 1.54) is 23.5 Å². The largest absolute Gasteiger partial charge is 0.507 e. The maximum Gasteiger partial charge on any atom is 0.339 e. The van der Waals surface area contributed by atoms with Gasteiger partial charge in [0.15, 0.2) is 0 Å². The van der Waals surface area contributed by atoms with E-state index >= 15 is 0 Å². The molecule has 1 aromatic heterocycles. The number of carboxylic acid groups (broad SMARTS) is 1. The van der Waals surface area contributed by atoms with Gasteiger partial charge in [0.1, 0.15) is 16.3 Å². The number of aromatic carboxylic acids is 1. The van der Waals surface area contributed by atoms with Gasteiger partial charge in [-0.15, -0.1) is 10.2 Å². The molecule has 0 aliphatic rings. The second-order valence-electron chi connectivity index (χ2n) is 3.74. The minimum absolute atomic E-state index is 0.235. The zero-order valence-corrected chi connectivity index (χ0v) is 11.1. The van der Waals surface area contributed by atoms with Crippen LogP contribution in [-0.4, -0.2) is 32.4 Å². The van der Waals surface area contributed by atoms with E-state index < -0.39 is 12.0 Å². The lowest BCUT2D eigenvalue weighted by Gasteiger charge is -2.07. The van der Waals surface area contributed by atoms with Crippen LogP contribution >= 0.6 is 11.3 Å². The number of phenols is 1. The van der Waals surface area contributed by atoms with Crippen molar-refractivity contribution in [1.82, 2.24) is 10.2 Å². The molecule has 9 heteroatoms. The summed E-state index contributed by atoms with van der Waals surface area (Å²) in [5.74, 6) is -1.66. The highest BCUT2D eigenvalue weighted by atomic mass is 32.1. The monoisotopic (exact) mass is 294 g/mol. The van der Waals surface area contributed by atoms with Crippen LogP contribution in [0.5, 0.6) is 5.75 Å². The topological polar surface area (TPSA) is 124 Å². The van der Waals surface area contributed by atoms with Gasteiger partial charge in [0.25, 0.3) is 0 Å². The Morgan fingerprint density at radius 3 is 2.60 bits per heavy atom. The minimum atomic E-state index is -1.29. The second kappa shape index (κ2) is 5.53. The van der Waals surface area contributed by atoms with Crippen molar-refractivity contribution in [2.24, 2.45) is 0 Å². The van der Waals surface area contributed by atoms with Gasteiger partial charge in [0.05, 0.1) is 0 Å². The Hall–Kier alpha value is -2.68. The summed E-state index contributed by atoms with van der Waals surface area (Å²) in [5, 5.41) is 31.6. The van der Waals surface area contributed by atoms with E-state index in [0.717, 1.165) is 6.07 Å². The molecule has 2 aromatic rings. The molecular formula is C11H10N4O4S. The molecule has 0 aliphatic heterocycles. The van der Waals surface area contributed by atoms with Crippen molar-refractivity contribution in [2.75, 3.05) is 10.6 Å². The van der Waals surface area contributed by atoms with E-state index in [2.05, 4.69) is 20.8 Å². The first-order valence-corrected chi connectivity index (χ1v) is 6.22. The van der Waals surface area contributed by atoms with Crippen molar-refractivity contribution in [2.45, 2.75) is 6.92 Å². The van der Waals surface area contributed by atoms with Crippen molar-refractivity contribution >= 4 is 34.2 Å². The molecule has 0 unspecified atom stereocenters. The lowest BCUT2D eigenvalue weighted by molar-refractivity contribution is 0.0693. The molecule has 2 amide bonds. The minimum Gasteiger partial charge on any atom is -0.507 e. The third-order valence-electron chi connectivity index (χ3n) is 2.23. The van der Waals surface area contributed by atoms with Crippen LogP contribution < -0.4 is 10.6 Å². The summed E-state index contributed by atoms with van der Waals surface area (Å²) in [6.45, 7) is 1.75. The number of carboxylic acids is 1. The van der Waals surface area contributed by atoms with Gasteiger partial charge in [0, 0.05) is 5.69 Å². The Morgan fingerprint density at radius 2 is 2.00 bits per heavy atom. The maximum atomic E-state index is 11.7. The second-order valence-corrected chi connectivity index (χ2v) is 4.92. The number of carbonyl (C=O) groups excluding carboxylic acids is 1. The molecule has 1 aromatic carbocycles. The first kappa shape index (κ1) is 13.7. The lowest BCUT2D eigenvalue weighted by Crippen LogP contribution is -2.19. The fraction of sp³-hybridized carbons (Fsp3) is 0.0909. The summed E-state index contributed by atoms with van der Waals surface area (Å²) in [6.07, 6.45) is 0. The summed E-state index contributed by atoms with van der Waals surface area (Å²) in [5.41, 5.74) is -0.0616. The average Bonchev–Trinajstić information content (AvgIpc) is 2.76. The maximum absolute atomic E-state index is 11.7. The number of hydrogen-bond acceptors (Lipinski definition) is 6. The number of nitrogens with zero attached hydrogens (tertiary/aromatic N) is 2. The van der Waals surface area contributed by atoms with Crippen LogP contribution in [0.4, 0.5) is 15.6 Å². The molecule has 0 fully saturated rings. The molecule has 2 rings (SSSR count). The van der Waals surface area contributed by atoms with Crippen molar-refractivity contribution in [1.29, 1.82) is 0 Å². The Labute approximate surface area is 117 Å². The Balaban J connectivity index is 2.08. The molecule has 0 saturated carbocycles. The van der Waals surface area contributed by atoms with Gasteiger partial charge in [-0.05, 0) is 25.1 Å². The Bertz CT molecular complexity index is 670. The number of carbonyl (C=O) groups is 2. The number of hydrogen-bond donors (Lipinski definition) is 4. The molecule has 0 saturated heterocycles. The highest BCUT2D eigenvalue weighted by Crippen LogP contribution is 2.21. The molecule has 4 N–H and O–H groups in total. The number of amides is 2. The van der Waals surface area contributed by atoms with E-state index in [-0.39, 0.29) is 17.0 Å². The molecular weight excluding hydrogens is 284 g/mol. The molecule has 20 heavy (non-hydrogen) atoms. The highest BCUT2D eigenvalue weighted by Gasteiger charge is 2.12. The SMILES string of the molecule is Cc1nnc(NC(=O)Nc2ccc(O)c(C(=O)O)c2)s1. The molecule has 0 atom stereocenters. The average molecular weight is 294 g/mol. The smallest absolute Gasteiger partial charge is 0.339 e. The van der Waals surface area contributed by atoms with Crippen molar-refractivity contribution in [3.63, 3.8) is 0 Å². The molecule has 0 aliphatic carbocycles. The van der Waals surface area contributed by atoms with Crippen LogP contribution in [0.15, 0.2) is 18.2 Å². The third-order valence-corrected chi connectivity index (χ3v) is 2.99. The predicted octanol–water partition coefficient (Wildman–Crippen LogP) is 1.89. The summed E-state index contributed by atoms with van der Waals surface area (Å²) >= 11 is 1.21. The van der Waals surface area contributed by atoms with Gasteiger partial charge in [-0.1, -0.05) is 11.3 Å². The summed E-state index contributed by atoms with van der Waals surface area (Å²) in [7, 11) is 0. The first-order valence-electron chi connectivity index (χ1n) is 5.40. The van der Waals surface area contributed by atoms with Gasteiger partial charge in [0.2, 0.25) is 5.13 Å². The quantitative estimate of drug-likeness (QED) is 0.641. The zero-order valence-electron chi connectivity index (χ0n) is 10.2. The molecule has 0 bridgehead atoms. The molecule has 0 spiro atoms. The van der Waals surface area contributed by atoms with Crippen LogP contribution in [0, 0.1) is 6.92 Å². The fourth-order valence-corrected chi connectivity index (χ4v) is 1.98. The zero-order chi connectivity index (χ0) is 14.7. The van der Waals surface area contributed by atoms with E-state index in [4.69, 9.17) is 5.11 Å². The van der Waals surface area contributed by atoms with Gasteiger partial charge in [-0.2, -0.15) is 0 Å². The van der Waals surface area contributed by atoms with Crippen molar-refractivity contribution in [3.05, 3.63) is 28.8 Å². The predicted molar refractivity (Wildman–Crippen MR) is 72.4 cm³/mol. The molecule has 1 heterocycles. The summed E-state index contributed by atoms with van der Waals surface area (Å²) in [6, 6.07) is 3.15. The number of anilines is 2. The van der Waals surface area contributed by atoms with E-state index in [1.54, 1.807) is 6.92 Å². The van der Waals surface area contributed by atoms with E-state index in [0.29, 0.717) is 10.1 Å². The molecule has 0 radical (unpaired) electrons. The van der Waals surface area contributed by atoms with Crippen LogP contribution in [-0.2, 0) is 0 Å². The standard InChI is InChI=1S/C11H10N4O4S/c1-5-14-15-11(20-5)13-10(19)12-6-2-3-8(16)7(4-6)9(17)18/h2-4,16H,1H3,(H,17,18)(H2,12,13,15,19). The lowest BCUT2D eigenvalue weighted by atomic mass is 10.2. The number of urea groups is 1. The van der Waals surface area contributed by atoms with Crippen LogP contribution in [0.3, 0.4) is 0 Å². The normalized spacial score (nSPS) is 10.1. The van der Waals surface area contributed by atoms with E-state index in [9.17, 15) is 14.7 Å². The summed E-state index contributed by atoms with van der Waals surface area (Å²) in [4.78, 5) is 22.5. The Morgan fingerprint density at radius 1 is 1.25 bits per heavy atom. The number of benzene rings is 1. The van der Waals surface area contributed by atoms with Crippen LogP contribution in [0.2, 0.25) is 0 Å². The van der Waals surface area contributed by atoms with Gasteiger partial charge < -0.3 is 15.5 Å². The van der Waals surface area contributed by atoms with E-state index in [1.807, 2.05) is 0 Å². The molecule has 104 valence electrons. The Kier molecular flexibility index (Phi) is 3.80. The number of rotatable bonds is 3. The van der Waals surface area contributed by atoms with Gasteiger partial charge in [-0.25, -0.2) is 9.59 Å².